The first-order valence-electron chi connectivity index (χ1n) is 10.1. The lowest BCUT2D eigenvalue weighted by Gasteiger charge is -2.13. The SMILES string of the molecule is CC(OC(=O)Nc1c(Cl)nsc1C#Cc1nc2oc(C3(C(=O)O)CC3)nc2o1)c1ccccc1. The van der Waals surface area contributed by atoms with E-state index in [1.165, 1.54) is 0 Å². The number of carbonyl (C=O) groups is 2. The lowest BCUT2D eigenvalue weighted by atomic mass is 10.1. The molecular formula is C22H15ClN4O6S. The predicted molar refractivity (Wildman–Crippen MR) is 121 cm³/mol. The van der Waals surface area contributed by atoms with Crippen LogP contribution in [0, 0.1) is 11.8 Å². The summed E-state index contributed by atoms with van der Waals surface area (Å²) in [7, 11) is 0. The Balaban J connectivity index is 1.30. The molecular weight excluding hydrogens is 484 g/mol. The molecule has 3 heterocycles. The highest BCUT2D eigenvalue weighted by atomic mass is 35.5. The number of oxazole rings is 2. The van der Waals surface area contributed by atoms with Gasteiger partial charge in [0.15, 0.2) is 5.15 Å². The fraction of sp³-hybridized carbons (Fsp3) is 0.227. The summed E-state index contributed by atoms with van der Waals surface area (Å²) in [6.45, 7) is 1.75. The minimum absolute atomic E-state index is 0.00345. The average Bonchev–Trinajstić information content (AvgIpc) is 3.26. The van der Waals surface area contributed by atoms with Crippen LogP contribution < -0.4 is 5.32 Å². The number of anilines is 1. The zero-order valence-electron chi connectivity index (χ0n) is 17.5. The minimum atomic E-state index is -1.10. The van der Waals surface area contributed by atoms with Crippen LogP contribution in [0.5, 0.6) is 0 Å². The van der Waals surface area contributed by atoms with Gasteiger partial charge in [-0.25, -0.2) is 4.79 Å². The van der Waals surface area contributed by atoms with Gasteiger partial charge >= 0.3 is 12.1 Å². The normalized spacial score (nSPS) is 14.8. The Kier molecular flexibility index (Phi) is 5.47. The number of nitrogens with zero attached hydrogens (tertiary/aromatic N) is 3. The van der Waals surface area contributed by atoms with Gasteiger partial charge in [0.05, 0.1) is 0 Å². The Morgan fingerprint density at radius 1 is 1.21 bits per heavy atom. The van der Waals surface area contributed by atoms with E-state index in [1.807, 2.05) is 30.3 Å². The van der Waals surface area contributed by atoms with Crippen LogP contribution in [-0.2, 0) is 14.9 Å². The second-order valence-electron chi connectivity index (χ2n) is 7.55. The van der Waals surface area contributed by atoms with Gasteiger partial charge in [-0.3, -0.25) is 10.1 Å². The summed E-state index contributed by atoms with van der Waals surface area (Å²) >= 11 is 7.09. The third kappa shape index (κ3) is 4.09. The van der Waals surface area contributed by atoms with E-state index in [0.717, 1.165) is 17.1 Å². The van der Waals surface area contributed by atoms with Crippen molar-refractivity contribution in [2.45, 2.75) is 31.3 Å². The number of rotatable bonds is 5. The van der Waals surface area contributed by atoms with Gasteiger partial charge in [0.25, 0.3) is 17.3 Å². The molecule has 1 amide bonds. The van der Waals surface area contributed by atoms with Gasteiger partial charge in [0, 0.05) is 0 Å². The van der Waals surface area contributed by atoms with Crippen LogP contribution in [0.25, 0.3) is 11.4 Å². The predicted octanol–water partition coefficient (Wildman–Crippen LogP) is 4.75. The van der Waals surface area contributed by atoms with E-state index < -0.39 is 23.6 Å². The molecule has 0 saturated heterocycles. The van der Waals surface area contributed by atoms with Crippen LogP contribution in [0.4, 0.5) is 10.5 Å². The molecule has 0 spiro atoms. The number of carbonyl (C=O) groups excluding carboxylic acids is 1. The lowest BCUT2D eigenvalue weighted by molar-refractivity contribution is -0.140. The number of aromatic nitrogens is 3. The first-order valence-corrected chi connectivity index (χ1v) is 11.2. The third-order valence-corrected chi connectivity index (χ3v) is 6.39. The fourth-order valence-corrected chi connectivity index (χ4v) is 4.10. The molecule has 0 aliphatic heterocycles. The van der Waals surface area contributed by atoms with Gasteiger partial charge in [0.2, 0.25) is 5.89 Å². The number of aliphatic carboxylic acids is 1. The molecule has 172 valence electrons. The Morgan fingerprint density at radius 3 is 2.62 bits per heavy atom. The van der Waals surface area contributed by atoms with Gasteiger partial charge in [-0.1, -0.05) is 41.9 Å². The van der Waals surface area contributed by atoms with Crippen LogP contribution in [0.2, 0.25) is 5.15 Å². The molecule has 1 unspecified atom stereocenters. The van der Waals surface area contributed by atoms with Crippen LogP contribution in [0.1, 0.15) is 48.1 Å². The topological polar surface area (TPSA) is 141 Å². The summed E-state index contributed by atoms with van der Waals surface area (Å²) in [6.07, 6.45) is -0.282. The summed E-state index contributed by atoms with van der Waals surface area (Å²) < 4.78 is 20.3. The molecule has 1 aliphatic carbocycles. The van der Waals surface area contributed by atoms with Crippen molar-refractivity contribution in [3.05, 3.63) is 57.7 Å². The van der Waals surface area contributed by atoms with E-state index in [2.05, 4.69) is 31.5 Å². The van der Waals surface area contributed by atoms with Crippen molar-refractivity contribution >= 4 is 52.3 Å². The Morgan fingerprint density at radius 2 is 1.94 bits per heavy atom. The van der Waals surface area contributed by atoms with Gasteiger partial charge in [-0.05, 0) is 48.7 Å². The number of fused-ring (bicyclic) bond motifs is 1. The van der Waals surface area contributed by atoms with E-state index >= 15 is 0 Å². The zero-order chi connectivity index (χ0) is 23.9. The first-order chi connectivity index (χ1) is 16.4. The standard InChI is InChI=1S/C22H15ClN4O6S/c1-11(12-5-3-2-4-6-12)31-21(30)25-15-13(34-27-16(15)23)7-8-14-24-17-18(32-14)26-19(33-17)22(9-10-22)20(28)29/h2-6,11H,9-10H2,1H3,(H,25,30)(H,28,29). The number of nitrogens with one attached hydrogen (secondary N) is 1. The van der Waals surface area contributed by atoms with E-state index in [9.17, 15) is 14.7 Å². The summed E-state index contributed by atoms with van der Waals surface area (Å²) in [6, 6.07) is 9.28. The minimum Gasteiger partial charge on any atom is -0.480 e. The monoisotopic (exact) mass is 498 g/mol. The largest absolute Gasteiger partial charge is 0.480 e. The lowest BCUT2D eigenvalue weighted by Crippen LogP contribution is -2.19. The maximum atomic E-state index is 12.4. The molecule has 1 aliphatic rings. The quantitative estimate of drug-likeness (QED) is 0.373. The van der Waals surface area contributed by atoms with Crippen molar-refractivity contribution in [1.29, 1.82) is 0 Å². The molecule has 1 aromatic carbocycles. The van der Waals surface area contributed by atoms with Crippen molar-refractivity contribution in [2.75, 3.05) is 5.32 Å². The van der Waals surface area contributed by atoms with Crippen molar-refractivity contribution < 1.29 is 28.3 Å². The second kappa shape index (κ2) is 8.48. The Bertz CT molecular complexity index is 1430. The summed E-state index contributed by atoms with van der Waals surface area (Å²) in [4.78, 5) is 32.4. The number of hydrogen-bond acceptors (Lipinski definition) is 9. The fourth-order valence-electron chi connectivity index (χ4n) is 3.20. The number of carboxylic acids is 1. The smallest absolute Gasteiger partial charge is 0.412 e. The highest BCUT2D eigenvalue weighted by molar-refractivity contribution is 7.07. The summed E-state index contributed by atoms with van der Waals surface area (Å²) in [5.74, 6) is 4.59. The highest BCUT2D eigenvalue weighted by Crippen LogP contribution is 2.48. The molecule has 34 heavy (non-hydrogen) atoms. The molecule has 1 fully saturated rings. The van der Waals surface area contributed by atoms with Crippen molar-refractivity contribution in [3.8, 4) is 11.8 Å². The number of benzene rings is 1. The van der Waals surface area contributed by atoms with Crippen molar-refractivity contribution in [3.63, 3.8) is 0 Å². The van der Waals surface area contributed by atoms with Gasteiger partial charge < -0.3 is 18.7 Å². The second-order valence-corrected chi connectivity index (χ2v) is 8.68. The maximum Gasteiger partial charge on any atom is 0.412 e. The molecule has 0 bridgehead atoms. The average molecular weight is 499 g/mol. The molecule has 0 radical (unpaired) electrons. The van der Waals surface area contributed by atoms with Gasteiger partial charge in [-0.2, -0.15) is 14.3 Å². The molecule has 2 N–H and O–H groups in total. The van der Waals surface area contributed by atoms with Crippen molar-refractivity contribution in [2.24, 2.45) is 0 Å². The van der Waals surface area contributed by atoms with Crippen LogP contribution >= 0.6 is 23.1 Å². The third-order valence-electron chi connectivity index (χ3n) is 5.26. The highest BCUT2D eigenvalue weighted by Gasteiger charge is 2.56. The molecule has 1 atom stereocenters. The summed E-state index contributed by atoms with van der Waals surface area (Å²) in [5, 5.41) is 12.0. The number of amides is 1. The number of ether oxygens (including phenoxy) is 1. The number of carboxylic acid groups (broad SMARTS) is 1. The van der Waals surface area contributed by atoms with E-state index in [1.54, 1.807) is 6.92 Å². The molecule has 10 nitrogen and oxygen atoms in total. The van der Waals surface area contributed by atoms with Gasteiger partial charge in [0.1, 0.15) is 22.1 Å². The van der Waals surface area contributed by atoms with E-state index in [4.69, 9.17) is 25.2 Å². The number of hydrogen-bond donors (Lipinski definition) is 2. The van der Waals surface area contributed by atoms with Crippen LogP contribution in [0.3, 0.4) is 0 Å². The van der Waals surface area contributed by atoms with Crippen LogP contribution in [-0.4, -0.2) is 31.5 Å². The molecule has 3 aromatic heterocycles. The summed E-state index contributed by atoms with van der Waals surface area (Å²) in [5.41, 5.74) is 0.0732. The van der Waals surface area contributed by atoms with E-state index in [-0.39, 0.29) is 34.0 Å². The molecule has 5 rings (SSSR count). The zero-order valence-corrected chi connectivity index (χ0v) is 19.1. The number of halogens is 1. The molecule has 1 saturated carbocycles. The first kappa shape index (κ1) is 21.9. The molecule has 12 heteroatoms. The van der Waals surface area contributed by atoms with E-state index in [0.29, 0.717) is 17.7 Å². The van der Waals surface area contributed by atoms with Crippen LogP contribution in [0.15, 0.2) is 39.2 Å². The molecule has 4 aromatic rings. The van der Waals surface area contributed by atoms with Gasteiger partial charge in [-0.15, -0.1) is 0 Å². The Labute approximate surface area is 201 Å². The maximum absolute atomic E-state index is 12.4. The Hall–Kier alpha value is -3.88. The van der Waals surface area contributed by atoms with Crippen molar-refractivity contribution in [1.82, 2.24) is 14.3 Å².